The van der Waals surface area contributed by atoms with Crippen LogP contribution >= 0.6 is 0 Å². The first-order valence-electron chi connectivity index (χ1n) is 13.1. The number of aromatic nitrogens is 3. The molecule has 1 aliphatic carbocycles. The van der Waals surface area contributed by atoms with E-state index in [2.05, 4.69) is 20.8 Å². The molecule has 1 aromatic carbocycles. The summed E-state index contributed by atoms with van der Waals surface area (Å²) in [5.41, 5.74) is 0.480. The molecule has 2 bridgehead atoms. The van der Waals surface area contributed by atoms with Gasteiger partial charge in [-0.1, -0.05) is 0 Å². The second kappa shape index (κ2) is 10.4. The Morgan fingerprint density at radius 1 is 0.781 bits per heavy atom. The van der Waals surface area contributed by atoms with Crippen LogP contribution in [0.3, 0.4) is 0 Å². The number of rotatable bonds is 11. The topological polar surface area (TPSA) is 48.9 Å². The molecule has 0 radical (unpaired) electrons. The number of nitrogens with zero attached hydrogens (tertiary/aromatic N) is 3. The molecule has 2 heterocycles. The van der Waals surface area contributed by atoms with Crippen LogP contribution < -0.4 is 11.4 Å². The van der Waals surface area contributed by atoms with E-state index in [4.69, 9.17) is 0 Å². The first-order valence-corrected chi connectivity index (χ1v) is 20.8. The molecule has 1 unspecified atom stereocenters. The van der Waals surface area contributed by atoms with E-state index in [9.17, 15) is 9.59 Å². The van der Waals surface area contributed by atoms with Crippen molar-refractivity contribution in [2.75, 3.05) is 0 Å². The maximum absolute atomic E-state index is 13.7. The first-order chi connectivity index (χ1) is 15.6. The first kappa shape index (κ1) is 23.9. The minimum absolute atomic E-state index is 0.109. The third-order valence-electron chi connectivity index (χ3n) is 8.27. The van der Waals surface area contributed by atoms with Crippen LogP contribution in [0.1, 0.15) is 90.6 Å². The molecule has 2 aromatic rings. The monoisotopic (exact) mass is 547 g/mol. The van der Waals surface area contributed by atoms with E-state index in [0.29, 0.717) is 9.62 Å². The van der Waals surface area contributed by atoms with Crippen molar-refractivity contribution in [3.05, 3.63) is 51.3 Å². The van der Waals surface area contributed by atoms with Gasteiger partial charge in [0.25, 0.3) is 0 Å². The Kier molecular flexibility index (Phi) is 7.73. The summed E-state index contributed by atoms with van der Waals surface area (Å²) >= 11 is -2.62. The molecule has 0 N–H and O–H groups in total. The summed E-state index contributed by atoms with van der Waals surface area (Å²) in [6.07, 6.45) is 11.0. The summed E-state index contributed by atoms with van der Waals surface area (Å²) in [6, 6.07) is 9.98. The quantitative estimate of drug-likeness (QED) is 0.311. The molecule has 4 rings (SSSR count). The molecular weight excluding hydrogens is 505 g/mol. The second-order valence-corrected chi connectivity index (χ2v) is 24.2. The van der Waals surface area contributed by atoms with Crippen LogP contribution in [0.4, 0.5) is 0 Å². The predicted molar refractivity (Wildman–Crippen MR) is 135 cm³/mol. The molecular formula is C26H41N3O2Sn. The van der Waals surface area contributed by atoms with Gasteiger partial charge in [0.15, 0.2) is 0 Å². The van der Waals surface area contributed by atoms with E-state index in [0.717, 1.165) is 19.3 Å². The summed E-state index contributed by atoms with van der Waals surface area (Å²) in [7, 11) is 0. The van der Waals surface area contributed by atoms with Gasteiger partial charge in [0.05, 0.1) is 0 Å². The Balaban J connectivity index is 1.82. The van der Waals surface area contributed by atoms with E-state index in [-0.39, 0.29) is 23.5 Å². The number of fused-ring (bicyclic) bond motifs is 5. The van der Waals surface area contributed by atoms with Gasteiger partial charge in [-0.2, -0.15) is 0 Å². The molecule has 0 spiro atoms. The van der Waals surface area contributed by atoms with Crippen molar-refractivity contribution in [2.45, 2.75) is 108 Å². The molecule has 32 heavy (non-hydrogen) atoms. The number of benzene rings is 1. The molecule has 2 aliphatic rings. The Morgan fingerprint density at radius 3 is 1.69 bits per heavy atom. The maximum atomic E-state index is 13.7. The van der Waals surface area contributed by atoms with E-state index in [1.165, 1.54) is 56.4 Å². The van der Waals surface area contributed by atoms with Crippen molar-refractivity contribution >= 4 is 18.4 Å². The Hall–Kier alpha value is -1.24. The third kappa shape index (κ3) is 4.07. The summed E-state index contributed by atoms with van der Waals surface area (Å²) in [6.45, 7) is 6.95. The average Bonchev–Trinajstić information content (AvgIpc) is 3.19. The van der Waals surface area contributed by atoms with Crippen molar-refractivity contribution in [1.29, 1.82) is 0 Å². The van der Waals surface area contributed by atoms with E-state index < -0.39 is 18.4 Å². The molecule has 6 heteroatoms. The van der Waals surface area contributed by atoms with Crippen LogP contribution in [0.5, 0.6) is 0 Å². The van der Waals surface area contributed by atoms with Crippen LogP contribution in [0.15, 0.2) is 39.9 Å². The molecule has 3 atom stereocenters. The van der Waals surface area contributed by atoms with Crippen molar-refractivity contribution in [3.8, 4) is 5.69 Å². The number of hydrogen-bond acceptors (Lipinski definition) is 2. The molecule has 176 valence electrons. The van der Waals surface area contributed by atoms with Gasteiger partial charge in [-0.15, -0.1) is 0 Å². The van der Waals surface area contributed by atoms with E-state index >= 15 is 0 Å². The molecule has 1 aliphatic heterocycles. The fourth-order valence-corrected chi connectivity index (χ4v) is 27.3. The van der Waals surface area contributed by atoms with Gasteiger partial charge in [0.1, 0.15) is 0 Å². The Morgan fingerprint density at radius 2 is 1.25 bits per heavy atom. The third-order valence-corrected chi connectivity index (χ3v) is 26.1. The van der Waals surface area contributed by atoms with Crippen LogP contribution in [0, 0.1) is 0 Å². The standard InChI is InChI=1S/C14H14N3O2.3C4H9.Sn/c18-13-15(10-5-2-1-3-6-10)14(19)17-12-8-4-7-11(9-12)16(13)17;3*1-3-4-2;/h1-3,5-6,9,11-12H,4,7-8H2;3*1,3-4H2,2H3;/t11-,12+;;;;. The fourth-order valence-electron chi connectivity index (χ4n) is 6.85. The van der Waals surface area contributed by atoms with E-state index in [1.54, 1.807) is 0 Å². The van der Waals surface area contributed by atoms with Crippen molar-refractivity contribution in [2.24, 2.45) is 0 Å². The summed E-state index contributed by atoms with van der Waals surface area (Å²) in [5, 5.41) is 0. The minimum atomic E-state index is -2.62. The summed E-state index contributed by atoms with van der Waals surface area (Å²) in [5.74, 6) is 0. The normalized spacial score (nSPS) is 22.3. The van der Waals surface area contributed by atoms with Gasteiger partial charge in [-0.05, 0) is 0 Å². The zero-order chi connectivity index (χ0) is 22.7. The number of unbranched alkanes of at least 4 members (excludes halogenated alkanes) is 3. The molecule has 0 amide bonds. The second-order valence-electron chi connectivity index (χ2n) is 10.2. The zero-order valence-corrected chi connectivity index (χ0v) is 23.1. The molecule has 5 nitrogen and oxygen atoms in total. The fraction of sp³-hybridized carbons (Fsp3) is 0.692. The molecule has 1 saturated carbocycles. The van der Waals surface area contributed by atoms with Gasteiger partial charge < -0.3 is 0 Å². The predicted octanol–water partition coefficient (Wildman–Crippen LogP) is 6.30. The van der Waals surface area contributed by atoms with Crippen molar-refractivity contribution in [1.82, 2.24) is 13.9 Å². The molecule has 1 fully saturated rings. The Labute approximate surface area is 196 Å². The average molecular weight is 546 g/mol. The summed E-state index contributed by atoms with van der Waals surface area (Å²) in [4.78, 5) is 27.3. The Bertz CT molecular complexity index is 941. The summed E-state index contributed by atoms with van der Waals surface area (Å²) < 4.78 is 10.2. The van der Waals surface area contributed by atoms with Gasteiger partial charge in [0, 0.05) is 0 Å². The van der Waals surface area contributed by atoms with E-state index in [1.807, 2.05) is 39.7 Å². The van der Waals surface area contributed by atoms with Crippen LogP contribution in [0.2, 0.25) is 17.2 Å². The zero-order valence-electron chi connectivity index (χ0n) is 20.3. The van der Waals surface area contributed by atoms with Gasteiger partial charge in [-0.25, -0.2) is 0 Å². The van der Waals surface area contributed by atoms with Crippen LogP contribution in [0.25, 0.3) is 5.69 Å². The van der Waals surface area contributed by atoms with Crippen molar-refractivity contribution in [3.63, 3.8) is 0 Å². The molecule has 1 aromatic heterocycles. The van der Waals surface area contributed by atoms with Crippen LogP contribution in [-0.4, -0.2) is 32.3 Å². The van der Waals surface area contributed by atoms with Gasteiger partial charge in [-0.3, -0.25) is 0 Å². The molecule has 0 saturated heterocycles. The van der Waals surface area contributed by atoms with Crippen molar-refractivity contribution < 1.29 is 0 Å². The number of para-hydroxylation sites is 1. The SMILES string of the molecule is CCC[CH2][Sn]([CH2]CCC)([CH2]CCC)[CH]1[C@H]2CCC[C@@H]1n1c(=O)n(-c3ccccc3)c(=O)n12. The van der Waals surface area contributed by atoms with Crippen LogP contribution in [-0.2, 0) is 0 Å². The van der Waals surface area contributed by atoms with Gasteiger partial charge in [0.2, 0.25) is 0 Å². The van der Waals surface area contributed by atoms with Gasteiger partial charge >= 0.3 is 197 Å². The number of hydrogen-bond donors (Lipinski definition) is 0.